The number of halogens is 1. The number of nitrogens with zero attached hydrogens (tertiary/aromatic N) is 4. The molecule has 2 aromatic rings. The van der Waals surface area contributed by atoms with Crippen LogP contribution in [-0.2, 0) is 4.79 Å². The van der Waals surface area contributed by atoms with Crippen molar-refractivity contribution in [2.24, 2.45) is 5.92 Å². The molecule has 2 aliphatic rings. The molecule has 4 rings (SSSR count). The van der Waals surface area contributed by atoms with Crippen LogP contribution in [0.1, 0.15) is 37.4 Å². The Morgan fingerprint density at radius 2 is 2.19 bits per heavy atom. The van der Waals surface area contributed by atoms with Gasteiger partial charge in [0.05, 0.1) is 25.3 Å². The van der Waals surface area contributed by atoms with Crippen molar-refractivity contribution in [2.45, 2.75) is 38.4 Å². The molecule has 0 radical (unpaired) electrons. The predicted molar refractivity (Wildman–Crippen MR) is 119 cm³/mol. The number of benzene rings is 1. The molecule has 3 unspecified atom stereocenters. The summed E-state index contributed by atoms with van der Waals surface area (Å²) in [5.41, 5.74) is 1.01. The number of hydrogen-bond donors (Lipinski definition) is 1. The zero-order valence-corrected chi connectivity index (χ0v) is 18.6. The lowest BCUT2D eigenvalue weighted by Crippen LogP contribution is -2.57. The third-order valence-corrected chi connectivity index (χ3v) is 6.61. The second-order valence-corrected chi connectivity index (χ2v) is 8.65. The Labute approximate surface area is 187 Å². The maximum absolute atomic E-state index is 14.2. The molecule has 2 fully saturated rings. The fourth-order valence-electron chi connectivity index (χ4n) is 4.84. The number of anilines is 1. The van der Waals surface area contributed by atoms with Crippen LogP contribution in [0, 0.1) is 23.1 Å². The number of ether oxygens (including phenoxy) is 1. The van der Waals surface area contributed by atoms with Gasteiger partial charge in [0.15, 0.2) is 0 Å². The highest BCUT2D eigenvalue weighted by Crippen LogP contribution is 2.37. The molecular formula is C24H28FN5O2. The second kappa shape index (κ2) is 9.13. The van der Waals surface area contributed by atoms with Gasteiger partial charge < -0.3 is 19.9 Å². The van der Waals surface area contributed by atoms with Crippen LogP contribution < -0.4 is 15.0 Å². The highest BCUT2D eigenvalue weighted by Gasteiger charge is 2.45. The summed E-state index contributed by atoms with van der Waals surface area (Å²) >= 11 is 0. The number of likely N-dealkylation sites (tertiary alicyclic amines) is 1. The van der Waals surface area contributed by atoms with Gasteiger partial charge in [-0.15, -0.1) is 0 Å². The zero-order chi connectivity index (χ0) is 22.8. The maximum atomic E-state index is 14.2. The van der Waals surface area contributed by atoms with Crippen LogP contribution in [0.2, 0.25) is 0 Å². The van der Waals surface area contributed by atoms with E-state index in [-0.39, 0.29) is 36.4 Å². The SMILES string of the molecule is COc1ccc(F)c(C(C)NCC(=O)N2CC3C[C@@H](C)C(C2)N3c2ccc(C#N)cn2)c1. The smallest absolute Gasteiger partial charge is 0.236 e. The van der Waals surface area contributed by atoms with Crippen molar-refractivity contribution >= 4 is 11.7 Å². The molecule has 3 heterocycles. The van der Waals surface area contributed by atoms with E-state index < -0.39 is 0 Å². The summed E-state index contributed by atoms with van der Waals surface area (Å²) in [5, 5.41) is 12.2. The minimum absolute atomic E-state index is 0.0108. The predicted octanol–water partition coefficient (Wildman–Crippen LogP) is 2.88. The van der Waals surface area contributed by atoms with Gasteiger partial charge in [0.1, 0.15) is 23.5 Å². The first kappa shape index (κ1) is 22.0. The van der Waals surface area contributed by atoms with E-state index >= 15 is 0 Å². The summed E-state index contributed by atoms with van der Waals surface area (Å²) in [7, 11) is 1.54. The fraction of sp³-hybridized carbons (Fsp3) is 0.458. The first-order valence-electron chi connectivity index (χ1n) is 10.9. The molecule has 7 nitrogen and oxygen atoms in total. The van der Waals surface area contributed by atoms with Crippen molar-refractivity contribution in [3.05, 3.63) is 53.5 Å². The molecule has 2 saturated heterocycles. The molecule has 1 aromatic heterocycles. The number of hydrogen-bond acceptors (Lipinski definition) is 6. The van der Waals surface area contributed by atoms with Gasteiger partial charge in [0, 0.05) is 36.9 Å². The summed E-state index contributed by atoms with van der Waals surface area (Å²) < 4.78 is 19.4. The van der Waals surface area contributed by atoms with Gasteiger partial charge in [-0.05, 0) is 49.6 Å². The Bertz CT molecular complexity index is 1020. The fourth-order valence-corrected chi connectivity index (χ4v) is 4.84. The number of methoxy groups -OCH3 is 1. The molecule has 0 saturated carbocycles. The highest BCUT2D eigenvalue weighted by atomic mass is 19.1. The van der Waals surface area contributed by atoms with E-state index in [9.17, 15) is 9.18 Å². The average molecular weight is 438 g/mol. The molecular weight excluding hydrogens is 409 g/mol. The van der Waals surface area contributed by atoms with Gasteiger partial charge in [0.2, 0.25) is 5.91 Å². The summed E-state index contributed by atoms with van der Waals surface area (Å²) in [6.07, 6.45) is 2.59. The molecule has 0 aliphatic carbocycles. The monoisotopic (exact) mass is 437 g/mol. The number of nitriles is 1. The van der Waals surface area contributed by atoms with Crippen molar-refractivity contribution in [2.75, 3.05) is 31.6 Å². The quantitative estimate of drug-likeness (QED) is 0.749. The van der Waals surface area contributed by atoms with E-state index in [1.807, 2.05) is 17.9 Å². The average Bonchev–Trinajstić information content (AvgIpc) is 3.01. The first-order chi connectivity index (χ1) is 15.4. The third kappa shape index (κ3) is 4.26. The Hall–Kier alpha value is -3.18. The number of fused-ring (bicyclic) bond motifs is 2. The minimum atomic E-state index is -0.325. The molecule has 8 heteroatoms. The molecule has 0 spiro atoms. The second-order valence-electron chi connectivity index (χ2n) is 8.65. The number of pyridine rings is 1. The van der Waals surface area contributed by atoms with Gasteiger partial charge in [-0.3, -0.25) is 4.79 Å². The maximum Gasteiger partial charge on any atom is 0.236 e. The zero-order valence-electron chi connectivity index (χ0n) is 18.6. The number of amides is 1. The topological polar surface area (TPSA) is 81.5 Å². The van der Waals surface area contributed by atoms with E-state index in [0.29, 0.717) is 35.9 Å². The van der Waals surface area contributed by atoms with E-state index in [1.165, 1.54) is 6.07 Å². The molecule has 2 aliphatic heterocycles. The molecule has 4 atom stereocenters. The van der Waals surface area contributed by atoms with Gasteiger partial charge in [-0.1, -0.05) is 6.92 Å². The molecule has 1 aromatic carbocycles. The van der Waals surface area contributed by atoms with Crippen LogP contribution in [0.5, 0.6) is 5.75 Å². The Morgan fingerprint density at radius 1 is 1.38 bits per heavy atom. The lowest BCUT2D eigenvalue weighted by atomic mass is 10.0. The first-order valence-corrected chi connectivity index (χ1v) is 10.9. The van der Waals surface area contributed by atoms with Crippen LogP contribution in [0.4, 0.5) is 10.2 Å². The van der Waals surface area contributed by atoms with E-state index in [4.69, 9.17) is 10.00 Å². The lowest BCUT2D eigenvalue weighted by Gasteiger charge is -2.42. The largest absolute Gasteiger partial charge is 0.497 e. The van der Waals surface area contributed by atoms with Crippen molar-refractivity contribution in [1.82, 2.24) is 15.2 Å². The summed E-state index contributed by atoms with van der Waals surface area (Å²) in [6, 6.07) is 10.4. The van der Waals surface area contributed by atoms with E-state index in [1.54, 1.807) is 31.5 Å². The number of rotatable bonds is 6. The molecule has 32 heavy (non-hydrogen) atoms. The standard InChI is InChI=1S/C24H28FN5O2/c1-15-8-18-13-29(14-22(15)30(18)23-7-4-17(10-26)11-28-23)24(31)12-27-16(2)20-9-19(32-3)5-6-21(20)25/h4-7,9,11,15-16,18,22,27H,8,12-14H2,1-3H3/t15-,16?,18?,22?/m1/s1. The van der Waals surface area contributed by atoms with Crippen molar-refractivity contribution in [1.29, 1.82) is 5.26 Å². The Morgan fingerprint density at radius 3 is 2.84 bits per heavy atom. The van der Waals surface area contributed by atoms with Gasteiger partial charge in [-0.2, -0.15) is 5.26 Å². The highest BCUT2D eigenvalue weighted by molar-refractivity contribution is 5.79. The number of aromatic nitrogens is 1. The van der Waals surface area contributed by atoms with E-state index in [0.717, 1.165) is 12.2 Å². The molecule has 1 N–H and O–H groups in total. The van der Waals surface area contributed by atoms with Crippen LogP contribution >= 0.6 is 0 Å². The number of piperazine rings is 1. The summed E-state index contributed by atoms with van der Waals surface area (Å²) in [6.45, 7) is 5.44. The number of nitrogens with one attached hydrogen (secondary N) is 1. The number of carbonyl (C=O) groups excluding carboxylic acids is 1. The van der Waals surface area contributed by atoms with Crippen molar-refractivity contribution in [3.8, 4) is 11.8 Å². The number of carbonyl (C=O) groups is 1. The van der Waals surface area contributed by atoms with Crippen LogP contribution in [-0.4, -0.2) is 54.6 Å². The van der Waals surface area contributed by atoms with Gasteiger partial charge >= 0.3 is 0 Å². The lowest BCUT2D eigenvalue weighted by molar-refractivity contribution is -0.131. The molecule has 1 amide bonds. The normalized spacial score (nSPS) is 23.0. The third-order valence-electron chi connectivity index (χ3n) is 6.61. The van der Waals surface area contributed by atoms with Gasteiger partial charge in [0.25, 0.3) is 0 Å². The molecule has 168 valence electrons. The van der Waals surface area contributed by atoms with Gasteiger partial charge in [-0.25, -0.2) is 9.37 Å². The van der Waals surface area contributed by atoms with Crippen LogP contribution in [0.3, 0.4) is 0 Å². The van der Waals surface area contributed by atoms with Crippen molar-refractivity contribution in [3.63, 3.8) is 0 Å². The summed E-state index contributed by atoms with van der Waals surface area (Å²) in [4.78, 5) is 21.7. The minimum Gasteiger partial charge on any atom is -0.497 e. The Kier molecular flexibility index (Phi) is 6.28. The van der Waals surface area contributed by atoms with Crippen molar-refractivity contribution < 1.29 is 13.9 Å². The molecule has 2 bridgehead atoms. The van der Waals surface area contributed by atoms with E-state index in [2.05, 4.69) is 28.2 Å². The Balaban J connectivity index is 1.39. The summed E-state index contributed by atoms with van der Waals surface area (Å²) in [5.74, 6) is 1.56. The van der Waals surface area contributed by atoms with Crippen LogP contribution in [0.25, 0.3) is 0 Å². The van der Waals surface area contributed by atoms with Crippen LogP contribution in [0.15, 0.2) is 36.5 Å².